The van der Waals surface area contributed by atoms with Crippen LogP contribution in [-0.2, 0) is 4.74 Å². The molecule has 0 aromatic heterocycles. The summed E-state index contributed by atoms with van der Waals surface area (Å²) in [4.78, 5) is 0.597. The van der Waals surface area contributed by atoms with E-state index in [1.54, 1.807) is 0 Å². The lowest BCUT2D eigenvalue weighted by Crippen LogP contribution is -2.09. The van der Waals surface area contributed by atoms with E-state index in [1.807, 2.05) is 0 Å². The third kappa shape index (κ3) is 5.16. The third-order valence-corrected chi connectivity index (χ3v) is 1.97. The van der Waals surface area contributed by atoms with Gasteiger partial charge in [-0.15, -0.1) is 0 Å². The molecule has 0 aromatic rings. The summed E-state index contributed by atoms with van der Waals surface area (Å²) in [5.41, 5.74) is 5.32. The highest BCUT2D eigenvalue weighted by Crippen LogP contribution is 2.28. The zero-order valence-corrected chi connectivity index (χ0v) is 7.53. The average Bonchev–Trinajstić information content (AvgIpc) is 2.70. The van der Waals surface area contributed by atoms with Crippen molar-refractivity contribution in [2.45, 2.75) is 25.7 Å². The Hall–Kier alpha value is -0.150. The molecule has 0 radical (unpaired) electrons. The molecule has 0 spiro atoms. The lowest BCUT2D eigenvalue weighted by atomic mass is 10.3. The van der Waals surface area contributed by atoms with Crippen molar-refractivity contribution in [3.05, 3.63) is 0 Å². The first-order chi connectivity index (χ1) is 5.29. The topological polar surface area (TPSA) is 35.2 Å². The summed E-state index contributed by atoms with van der Waals surface area (Å²) in [6, 6.07) is 0. The van der Waals surface area contributed by atoms with Gasteiger partial charge in [-0.05, 0) is 31.6 Å². The number of nitrogens with two attached hydrogens (primary N) is 1. The molecule has 2 N–H and O–H groups in total. The van der Waals surface area contributed by atoms with E-state index in [9.17, 15) is 0 Å². The Bertz CT molecular complexity index is 134. The molecule has 3 heteroatoms. The van der Waals surface area contributed by atoms with E-state index in [0.717, 1.165) is 32.0 Å². The van der Waals surface area contributed by atoms with Gasteiger partial charge in [-0.3, -0.25) is 0 Å². The fourth-order valence-electron chi connectivity index (χ4n) is 0.883. The summed E-state index contributed by atoms with van der Waals surface area (Å²) >= 11 is 4.73. The summed E-state index contributed by atoms with van der Waals surface area (Å²) in [5, 5.41) is 0. The molecule has 0 unspecified atom stereocenters. The monoisotopic (exact) mass is 173 g/mol. The molecule has 1 aliphatic carbocycles. The smallest absolute Gasteiger partial charge is 0.0728 e. The van der Waals surface area contributed by atoms with Crippen LogP contribution in [0.4, 0.5) is 0 Å². The van der Waals surface area contributed by atoms with Crippen molar-refractivity contribution >= 4 is 17.2 Å². The number of hydrogen-bond donors (Lipinski definition) is 1. The summed E-state index contributed by atoms with van der Waals surface area (Å²) in [6.07, 6.45) is 4.51. The van der Waals surface area contributed by atoms with Crippen LogP contribution in [0.25, 0.3) is 0 Å². The molecule has 0 atom stereocenters. The molecule has 0 aliphatic heterocycles. The van der Waals surface area contributed by atoms with Crippen molar-refractivity contribution in [1.29, 1.82) is 0 Å². The van der Waals surface area contributed by atoms with Gasteiger partial charge in [0, 0.05) is 13.2 Å². The van der Waals surface area contributed by atoms with E-state index in [1.165, 1.54) is 12.8 Å². The second kappa shape index (κ2) is 4.67. The molecule has 11 heavy (non-hydrogen) atoms. The summed E-state index contributed by atoms with van der Waals surface area (Å²) in [5.74, 6) is 0.861. The lowest BCUT2D eigenvalue weighted by Gasteiger charge is -2.01. The van der Waals surface area contributed by atoms with Crippen molar-refractivity contribution in [1.82, 2.24) is 0 Å². The van der Waals surface area contributed by atoms with E-state index < -0.39 is 0 Å². The molecule has 2 nitrogen and oxygen atoms in total. The largest absolute Gasteiger partial charge is 0.393 e. The highest BCUT2D eigenvalue weighted by molar-refractivity contribution is 7.80. The van der Waals surface area contributed by atoms with Gasteiger partial charge in [0.1, 0.15) is 0 Å². The molecule has 0 aromatic carbocycles. The van der Waals surface area contributed by atoms with Crippen molar-refractivity contribution < 1.29 is 4.74 Å². The van der Waals surface area contributed by atoms with Crippen LogP contribution in [-0.4, -0.2) is 18.2 Å². The van der Waals surface area contributed by atoms with Crippen LogP contribution in [0, 0.1) is 5.92 Å². The van der Waals surface area contributed by atoms with E-state index >= 15 is 0 Å². The van der Waals surface area contributed by atoms with Gasteiger partial charge in [0.15, 0.2) is 0 Å². The molecular formula is C8H15NOS. The molecule has 64 valence electrons. The molecule has 0 heterocycles. The van der Waals surface area contributed by atoms with E-state index in [4.69, 9.17) is 22.7 Å². The molecule has 0 saturated heterocycles. The molecule has 1 saturated carbocycles. The van der Waals surface area contributed by atoms with Gasteiger partial charge >= 0.3 is 0 Å². The molecule has 1 fully saturated rings. The highest BCUT2D eigenvalue weighted by atomic mass is 32.1. The van der Waals surface area contributed by atoms with Crippen molar-refractivity contribution in [2.24, 2.45) is 11.7 Å². The molecule has 1 aliphatic rings. The van der Waals surface area contributed by atoms with Gasteiger partial charge < -0.3 is 10.5 Å². The third-order valence-electron chi connectivity index (χ3n) is 1.76. The number of hydrogen-bond acceptors (Lipinski definition) is 2. The van der Waals surface area contributed by atoms with Crippen molar-refractivity contribution in [3.63, 3.8) is 0 Å². The summed E-state index contributed by atoms with van der Waals surface area (Å²) in [6.45, 7) is 1.76. The predicted molar refractivity (Wildman–Crippen MR) is 49.6 cm³/mol. The maximum Gasteiger partial charge on any atom is 0.0728 e. The highest BCUT2D eigenvalue weighted by Gasteiger charge is 2.20. The molecule has 1 rings (SSSR count). The van der Waals surface area contributed by atoms with Gasteiger partial charge in [0.05, 0.1) is 4.99 Å². The molecular weight excluding hydrogens is 158 g/mol. The molecule has 0 bridgehead atoms. The van der Waals surface area contributed by atoms with Crippen LogP contribution in [0.3, 0.4) is 0 Å². The zero-order valence-electron chi connectivity index (χ0n) is 6.71. The van der Waals surface area contributed by atoms with E-state index in [0.29, 0.717) is 4.99 Å². The first kappa shape index (κ1) is 8.94. The molecule has 0 amide bonds. The fourth-order valence-corrected chi connectivity index (χ4v) is 1.03. The lowest BCUT2D eigenvalue weighted by molar-refractivity contribution is 0.123. The van der Waals surface area contributed by atoms with Gasteiger partial charge in [0.25, 0.3) is 0 Å². The summed E-state index contributed by atoms with van der Waals surface area (Å²) < 4.78 is 5.39. The van der Waals surface area contributed by atoms with Crippen molar-refractivity contribution in [3.8, 4) is 0 Å². The first-order valence-corrected chi connectivity index (χ1v) is 4.56. The second-order valence-electron chi connectivity index (χ2n) is 3.09. The van der Waals surface area contributed by atoms with E-state index in [-0.39, 0.29) is 0 Å². The zero-order chi connectivity index (χ0) is 8.10. The van der Waals surface area contributed by atoms with E-state index in [2.05, 4.69) is 0 Å². The first-order valence-electron chi connectivity index (χ1n) is 4.15. The Morgan fingerprint density at radius 3 is 2.82 bits per heavy atom. The second-order valence-corrected chi connectivity index (χ2v) is 3.61. The minimum atomic E-state index is 0.597. The van der Waals surface area contributed by atoms with Gasteiger partial charge in [-0.1, -0.05) is 12.2 Å². The standard InChI is InChI=1S/C8H15NOS/c9-8(11)2-1-5-10-6-7-3-4-7/h7H,1-6H2,(H2,9,11). The predicted octanol–water partition coefficient (Wildman–Crippen LogP) is 1.48. The maximum absolute atomic E-state index is 5.39. The van der Waals surface area contributed by atoms with Gasteiger partial charge in [-0.25, -0.2) is 0 Å². The Labute approximate surface area is 73.1 Å². The van der Waals surface area contributed by atoms with Crippen molar-refractivity contribution in [2.75, 3.05) is 13.2 Å². The number of rotatable bonds is 6. The Morgan fingerprint density at radius 2 is 2.27 bits per heavy atom. The summed E-state index contributed by atoms with van der Waals surface area (Å²) in [7, 11) is 0. The Morgan fingerprint density at radius 1 is 1.55 bits per heavy atom. The minimum Gasteiger partial charge on any atom is -0.393 e. The Kier molecular flexibility index (Phi) is 3.80. The normalized spacial score (nSPS) is 16.7. The van der Waals surface area contributed by atoms with Crippen LogP contribution in [0.2, 0.25) is 0 Å². The Balaban J connectivity index is 1.76. The average molecular weight is 173 g/mol. The minimum absolute atomic E-state index is 0.597. The number of thiocarbonyl (C=S) groups is 1. The fraction of sp³-hybridized carbons (Fsp3) is 0.875. The SMILES string of the molecule is NC(=S)CCCOCC1CC1. The van der Waals surface area contributed by atoms with Crippen LogP contribution in [0.1, 0.15) is 25.7 Å². The van der Waals surface area contributed by atoms with Gasteiger partial charge in [-0.2, -0.15) is 0 Å². The van der Waals surface area contributed by atoms with Crippen LogP contribution in [0.15, 0.2) is 0 Å². The van der Waals surface area contributed by atoms with Crippen LogP contribution in [0.5, 0.6) is 0 Å². The quantitative estimate of drug-likeness (QED) is 0.488. The number of ether oxygens (including phenoxy) is 1. The van der Waals surface area contributed by atoms with Gasteiger partial charge in [0.2, 0.25) is 0 Å². The van der Waals surface area contributed by atoms with Crippen LogP contribution < -0.4 is 5.73 Å². The van der Waals surface area contributed by atoms with Crippen LogP contribution >= 0.6 is 12.2 Å². The maximum atomic E-state index is 5.39.